The number of phenols is 1. The number of carbonyl (C=O) groups excluding carboxylic acids is 2. The van der Waals surface area contributed by atoms with Gasteiger partial charge in [-0.3, -0.25) is 15.0 Å². The summed E-state index contributed by atoms with van der Waals surface area (Å²) in [5.74, 6) is -1.28. The fraction of sp³-hybridized carbons (Fsp3) is 0.172. The van der Waals surface area contributed by atoms with Gasteiger partial charge in [0.2, 0.25) is 0 Å². The molecule has 1 aliphatic heterocycles. The van der Waals surface area contributed by atoms with Gasteiger partial charge in [0.05, 0.1) is 29.2 Å². The molecule has 0 saturated carbocycles. The molecule has 1 aliphatic carbocycles. The van der Waals surface area contributed by atoms with Gasteiger partial charge in [-0.1, -0.05) is 66.2 Å². The van der Waals surface area contributed by atoms with Crippen LogP contribution in [0.3, 0.4) is 0 Å². The van der Waals surface area contributed by atoms with Crippen LogP contribution in [0.25, 0.3) is 0 Å². The van der Waals surface area contributed by atoms with Gasteiger partial charge < -0.3 is 9.84 Å². The number of aromatic hydroxyl groups is 1. The molecule has 5 rings (SSSR count). The number of imide groups is 1. The van der Waals surface area contributed by atoms with Crippen molar-refractivity contribution in [3.63, 3.8) is 0 Å². The number of hydrogen-bond acceptors (Lipinski definition) is 5. The van der Waals surface area contributed by atoms with Crippen LogP contribution in [0.5, 0.6) is 11.5 Å². The zero-order valence-electron chi connectivity index (χ0n) is 19.9. The summed E-state index contributed by atoms with van der Waals surface area (Å²) in [7, 11) is 1.57. The van der Waals surface area contributed by atoms with E-state index < -0.39 is 23.2 Å². The number of allylic oxidation sites excluding steroid dienone is 3. The number of hydrazine groups is 1. The minimum atomic E-state index is -1.29. The monoisotopic (exact) mass is 534 g/mol. The van der Waals surface area contributed by atoms with Crippen molar-refractivity contribution in [1.29, 1.82) is 0 Å². The van der Waals surface area contributed by atoms with Crippen molar-refractivity contribution >= 4 is 40.7 Å². The lowest BCUT2D eigenvalue weighted by atomic mass is 9.56. The molecule has 1 fully saturated rings. The molecule has 2 amide bonds. The van der Waals surface area contributed by atoms with Crippen molar-refractivity contribution in [2.24, 2.45) is 5.92 Å². The zero-order valence-corrected chi connectivity index (χ0v) is 21.5. The van der Waals surface area contributed by atoms with Crippen molar-refractivity contribution in [2.75, 3.05) is 12.5 Å². The predicted molar refractivity (Wildman–Crippen MR) is 144 cm³/mol. The quantitative estimate of drug-likeness (QED) is 0.365. The van der Waals surface area contributed by atoms with Gasteiger partial charge in [0.1, 0.15) is 11.5 Å². The molecule has 2 aliphatic rings. The third kappa shape index (κ3) is 3.97. The molecule has 1 saturated heterocycles. The third-order valence-electron chi connectivity index (χ3n) is 7.20. The maximum Gasteiger partial charge on any atom is 0.260 e. The smallest absolute Gasteiger partial charge is 0.260 e. The summed E-state index contributed by atoms with van der Waals surface area (Å²) in [6, 6.07) is 18.7. The van der Waals surface area contributed by atoms with Crippen LogP contribution >= 0.6 is 23.2 Å². The first kappa shape index (κ1) is 24.9. The highest BCUT2D eigenvalue weighted by Crippen LogP contribution is 2.57. The van der Waals surface area contributed by atoms with E-state index in [4.69, 9.17) is 27.9 Å². The number of phenolic OH excluding ortho intramolecular Hbond substituents is 1. The largest absolute Gasteiger partial charge is 0.508 e. The highest BCUT2D eigenvalue weighted by atomic mass is 35.5. The Morgan fingerprint density at radius 2 is 1.78 bits per heavy atom. The number of nitrogens with one attached hydrogen (secondary N) is 1. The molecule has 37 heavy (non-hydrogen) atoms. The molecule has 1 heterocycles. The molecule has 0 spiro atoms. The highest BCUT2D eigenvalue weighted by molar-refractivity contribution is 6.36. The normalized spacial score (nSPS) is 22.9. The van der Waals surface area contributed by atoms with Crippen molar-refractivity contribution in [2.45, 2.75) is 17.8 Å². The van der Waals surface area contributed by atoms with Crippen LogP contribution in [-0.4, -0.2) is 29.0 Å². The molecule has 3 atom stereocenters. The fourth-order valence-electron chi connectivity index (χ4n) is 5.52. The Balaban J connectivity index is 1.72. The van der Waals surface area contributed by atoms with Crippen LogP contribution in [0.1, 0.15) is 23.5 Å². The average molecular weight is 535 g/mol. The van der Waals surface area contributed by atoms with Gasteiger partial charge in [0.25, 0.3) is 11.8 Å². The number of nitrogens with zero attached hydrogens (tertiary/aromatic N) is 1. The summed E-state index contributed by atoms with van der Waals surface area (Å²) in [5, 5.41) is 11.7. The van der Waals surface area contributed by atoms with E-state index in [-0.39, 0.29) is 16.7 Å². The van der Waals surface area contributed by atoms with Crippen LogP contribution in [0.15, 0.2) is 91.0 Å². The second-order valence-electron chi connectivity index (χ2n) is 9.03. The van der Waals surface area contributed by atoms with Crippen molar-refractivity contribution in [3.05, 3.63) is 112 Å². The lowest BCUT2D eigenvalue weighted by Gasteiger charge is -2.43. The number of benzene rings is 3. The van der Waals surface area contributed by atoms with Gasteiger partial charge >= 0.3 is 0 Å². The van der Waals surface area contributed by atoms with Crippen LogP contribution < -0.4 is 10.2 Å². The van der Waals surface area contributed by atoms with Gasteiger partial charge in [-0.25, -0.2) is 0 Å². The van der Waals surface area contributed by atoms with E-state index in [2.05, 4.69) is 12.0 Å². The van der Waals surface area contributed by atoms with E-state index in [9.17, 15) is 14.7 Å². The summed E-state index contributed by atoms with van der Waals surface area (Å²) in [5.41, 5.74) is 4.32. The number of hydrogen-bond donors (Lipinski definition) is 2. The maximum absolute atomic E-state index is 14.6. The first-order chi connectivity index (χ1) is 17.8. The summed E-state index contributed by atoms with van der Waals surface area (Å²) < 4.78 is 5.35. The van der Waals surface area contributed by atoms with Crippen LogP contribution in [0, 0.1) is 5.92 Å². The number of ether oxygens (including phenoxy) is 1. The molecule has 3 aromatic carbocycles. The van der Waals surface area contributed by atoms with Gasteiger partial charge in [-0.15, -0.1) is 0 Å². The third-order valence-corrected chi connectivity index (χ3v) is 7.74. The number of anilines is 1. The summed E-state index contributed by atoms with van der Waals surface area (Å²) >= 11 is 12.4. The molecule has 8 heteroatoms. The molecule has 2 N–H and O–H groups in total. The molecule has 6 nitrogen and oxygen atoms in total. The number of halogens is 2. The number of carbonyl (C=O) groups is 2. The van der Waals surface area contributed by atoms with Crippen molar-refractivity contribution in [1.82, 2.24) is 5.01 Å². The Morgan fingerprint density at radius 3 is 2.41 bits per heavy atom. The van der Waals surface area contributed by atoms with Gasteiger partial charge in [0, 0.05) is 10.9 Å². The SMILES string of the molecule is C=CC1=CC[C@H]2C(=O)N(Nc3ccc(Cl)cc3Cl)C(=O)[C@@]2(c2ccc(OC)cc2)[C@H]1c1ccc(O)cc1. The number of fused-ring (bicyclic) bond motifs is 1. The summed E-state index contributed by atoms with van der Waals surface area (Å²) in [6.07, 6.45) is 4.03. The first-order valence-corrected chi connectivity index (χ1v) is 12.4. The van der Waals surface area contributed by atoms with Gasteiger partial charge in [-0.05, 0) is 65.6 Å². The lowest BCUT2D eigenvalue weighted by Crippen LogP contribution is -2.48. The topological polar surface area (TPSA) is 78.9 Å². The molecular formula is C29H24Cl2N2O4. The minimum Gasteiger partial charge on any atom is -0.508 e. The highest BCUT2D eigenvalue weighted by Gasteiger charge is 2.65. The molecule has 188 valence electrons. The second kappa shape index (κ2) is 9.61. The van der Waals surface area contributed by atoms with Crippen LogP contribution in [0.2, 0.25) is 10.0 Å². The van der Waals surface area contributed by atoms with Gasteiger partial charge in [0.15, 0.2) is 0 Å². The van der Waals surface area contributed by atoms with E-state index in [1.54, 1.807) is 67.8 Å². The van der Waals surface area contributed by atoms with Crippen LogP contribution in [0.4, 0.5) is 5.69 Å². The Bertz CT molecular complexity index is 1420. The average Bonchev–Trinajstić information content (AvgIpc) is 3.12. The first-order valence-electron chi connectivity index (χ1n) is 11.7. The van der Waals surface area contributed by atoms with E-state index in [1.165, 1.54) is 0 Å². The van der Waals surface area contributed by atoms with E-state index in [1.807, 2.05) is 18.2 Å². The van der Waals surface area contributed by atoms with E-state index >= 15 is 0 Å². The van der Waals surface area contributed by atoms with Crippen LogP contribution in [-0.2, 0) is 15.0 Å². The van der Waals surface area contributed by atoms with E-state index in [0.29, 0.717) is 28.4 Å². The number of methoxy groups -OCH3 is 1. The molecule has 3 aromatic rings. The number of rotatable bonds is 6. The van der Waals surface area contributed by atoms with Gasteiger partial charge in [-0.2, -0.15) is 5.01 Å². The minimum absolute atomic E-state index is 0.105. The Labute approximate surface area is 224 Å². The molecule has 0 unspecified atom stereocenters. The Hall–Kier alpha value is -3.74. The predicted octanol–water partition coefficient (Wildman–Crippen LogP) is 6.26. The van der Waals surface area contributed by atoms with Crippen molar-refractivity contribution < 1.29 is 19.4 Å². The van der Waals surface area contributed by atoms with E-state index in [0.717, 1.165) is 16.1 Å². The number of amides is 2. The summed E-state index contributed by atoms with van der Waals surface area (Å²) in [6.45, 7) is 4.00. The fourth-order valence-corrected chi connectivity index (χ4v) is 5.97. The Morgan fingerprint density at radius 1 is 1.08 bits per heavy atom. The zero-order chi connectivity index (χ0) is 26.3. The maximum atomic E-state index is 14.6. The van der Waals surface area contributed by atoms with Crippen molar-refractivity contribution in [3.8, 4) is 11.5 Å². The lowest BCUT2D eigenvalue weighted by molar-refractivity contribution is -0.138. The molecule has 0 aromatic heterocycles. The molecule has 0 radical (unpaired) electrons. The molecular weight excluding hydrogens is 511 g/mol. The summed E-state index contributed by atoms with van der Waals surface area (Å²) in [4.78, 5) is 28.5. The standard InChI is InChI=1S/C29H24Cl2N2O4/c1-3-17-6-14-23-27(35)33(32-25-15-9-20(30)16-24(25)31)28(36)29(23,19-7-12-22(37-2)13-8-19)26(17)18-4-10-21(34)11-5-18/h3-13,15-16,23,26,32,34H,1,14H2,2H3/t23-,26+,29+/m0/s1. The second-order valence-corrected chi connectivity index (χ2v) is 9.88. The molecule has 0 bridgehead atoms. The Kier molecular flexibility index (Phi) is 6.48.